The minimum atomic E-state index is 0.252. The maximum absolute atomic E-state index is 5.56. The Morgan fingerprint density at radius 1 is 1.00 bits per heavy atom. The summed E-state index contributed by atoms with van der Waals surface area (Å²) in [6.07, 6.45) is 10.2. The Kier molecular flexibility index (Phi) is 9.09. The molecule has 0 aromatic heterocycles. The summed E-state index contributed by atoms with van der Waals surface area (Å²) in [7, 11) is 2.26. The molecule has 1 unspecified atom stereocenters. The topological polar surface area (TPSA) is 55.4 Å². The highest BCUT2D eigenvalue weighted by molar-refractivity contribution is 5.80. The van der Waals surface area contributed by atoms with Gasteiger partial charge in [0.15, 0.2) is 5.96 Å². The maximum Gasteiger partial charge on any atom is 0.191 e. The first-order valence-corrected chi connectivity index (χ1v) is 13.5. The van der Waals surface area contributed by atoms with E-state index in [1.807, 2.05) is 0 Å². The molecule has 4 rings (SSSR count). The Hall–Kier alpha value is -0.890. The molecule has 184 valence electrons. The SMILES string of the molecule is CCNC(=NCC1(N2CCCCC2)CCN(C)CC1)NC1CCN(CC2CCOC2)CC1. The average molecular weight is 449 g/mol. The Morgan fingerprint density at radius 3 is 2.41 bits per heavy atom. The molecule has 7 nitrogen and oxygen atoms in total. The Balaban J connectivity index is 1.32. The summed E-state index contributed by atoms with van der Waals surface area (Å²) >= 11 is 0. The molecule has 1 atom stereocenters. The molecular weight excluding hydrogens is 400 g/mol. The van der Waals surface area contributed by atoms with Crippen molar-refractivity contribution >= 4 is 5.96 Å². The van der Waals surface area contributed by atoms with Gasteiger partial charge >= 0.3 is 0 Å². The summed E-state index contributed by atoms with van der Waals surface area (Å²) in [6.45, 7) is 14.5. The molecule has 0 saturated carbocycles. The fourth-order valence-electron chi connectivity index (χ4n) is 6.07. The lowest BCUT2D eigenvalue weighted by molar-refractivity contribution is 0.0208. The molecule has 0 bridgehead atoms. The third-order valence-electron chi connectivity index (χ3n) is 8.29. The standard InChI is InChI=1S/C25H48N6O/c1-3-26-24(28-23-7-14-30(15-8-23)19-22-9-18-32-20-22)27-21-25(10-16-29(2)17-11-25)31-12-5-4-6-13-31/h22-23H,3-21H2,1-2H3,(H2,26,27,28). The number of rotatable bonds is 7. The van der Waals surface area contributed by atoms with Crippen molar-refractivity contribution in [3.05, 3.63) is 0 Å². The van der Waals surface area contributed by atoms with Crippen LogP contribution in [0.3, 0.4) is 0 Å². The van der Waals surface area contributed by atoms with Crippen molar-refractivity contribution in [3.8, 4) is 0 Å². The second-order valence-corrected chi connectivity index (χ2v) is 10.7. The molecule has 7 heteroatoms. The summed E-state index contributed by atoms with van der Waals surface area (Å²) in [6, 6.07) is 0.535. The van der Waals surface area contributed by atoms with Crippen molar-refractivity contribution < 1.29 is 4.74 Å². The van der Waals surface area contributed by atoms with Crippen molar-refractivity contribution in [2.45, 2.75) is 69.9 Å². The second-order valence-electron chi connectivity index (χ2n) is 10.7. The van der Waals surface area contributed by atoms with E-state index in [1.165, 1.54) is 97.2 Å². The molecule has 2 N–H and O–H groups in total. The van der Waals surface area contributed by atoms with E-state index in [2.05, 4.69) is 39.3 Å². The number of nitrogens with zero attached hydrogens (tertiary/aromatic N) is 4. The number of aliphatic imine (C=N–C) groups is 1. The first kappa shape index (κ1) is 24.2. The smallest absolute Gasteiger partial charge is 0.191 e. The van der Waals surface area contributed by atoms with Crippen molar-refractivity contribution in [1.82, 2.24) is 25.3 Å². The highest BCUT2D eigenvalue weighted by Crippen LogP contribution is 2.31. The molecule has 0 spiro atoms. The number of ether oxygens (including phenoxy) is 1. The normalized spacial score (nSPS) is 29.3. The van der Waals surface area contributed by atoms with E-state index in [1.54, 1.807) is 0 Å². The van der Waals surface area contributed by atoms with E-state index in [4.69, 9.17) is 9.73 Å². The minimum Gasteiger partial charge on any atom is -0.381 e. The third-order valence-corrected chi connectivity index (χ3v) is 8.29. The molecular formula is C25H48N6O. The molecule has 4 aliphatic rings. The number of likely N-dealkylation sites (tertiary alicyclic amines) is 3. The lowest BCUT2D eigenvalue weighted by Gasteiger charge is -2.49. The molecule has 0 radical (unpaired) electrons. The van der Waals surface area contributed by atoms with Crippen LogP contribution in [0.5, 0.6) is 0 Å². The van der Waals surface area contributed by atoms with Gasteiger partial charge in [-0.1, -0.05) is 6.42 Å². The summed E-state index contributed by atoms with van der Waals surface area (Å²) < 4.78 is 5.56. The van der Waals surface area contributed by atoms with Crippen LogP contribution in [0.1, 0.15) is 58.3 Å². The fraction of sp³-hybridized carbons (Fsp3) is 0.960. The number of piperidine rings is 3. The number of guanidine groups is 1. The van der Waals surface area contributed by atoms with E-state index in [-0.39, 0.29) is 5.54 Å². The first-order valence-electron chi connectivity index (χ1n) is 13.5. The highest BCUT2D eigenvalue weighted by Gasteiger charge is 2.39. The summed E-state index contributed by atoms with van der Waals surface area (Å²) in [5.74, 6) is 1.78. The molecule has 0 aromatic rings. The van der Waals surface area contributed by atoms with Crippen LogP contribution in [0.2, 0.25) is 0 Å². The van der Waals surface area contributed by atoms with Crippen LogP contribution in [0.15, 0.2) is 4.99 Å². The van der Waals surface area contributed by atoms with Gasteiger partial charge in [0.2, 0.25) is 0 Å². The second kappa shape index (κ2) is 12.0. The van der Waals surface area contributed by atoms with Gasteiger partial charge in [-0.05, 0) is 91.0 Å². The van der Waals surface area contributed by atoms with Crippen LogP contribution in [0.4, 0.5) is 0 Å². The summed E-state index contributed by atoms with van der Waals surface area (Å²) in [5, 5.41) is 7.35. The summed E-state index contributed by atoms with van der Waals surface area (Å²) in [4.78, 5) is 13.1. The first-order chi connectivity index (χ1) is 15.7. The lowest BCUT2D eigenvalue weighted by atomic mass is 9.84. The summed E-state index contributed by atoms with van der Waals surface area (Å²) in [5.41, 5.74) is 0.252. The molecule has 0 aliphatic carbocycles. The van der Waals surface area contributed by atoms with Crippen LogP contribution >= 0.6 is 0 Å². The Morgan fingerprint density at radius 2 is 1.75 bits per heavy atom. The number of nitrogens with one attached hydrogen (secondary N) is 2. The molecule has 4 aliphatic heterocycles. The van der Waals surface area contributed by atoms with Crippen molar-refractivity contribution in [3.63, 3.8) is 0 Å². The maximum atomic E-state index is 5.56. The zero-order chi connectivity index (χ0) is 22.2. The van der Waals surface area contributed by atoms with Gasteiger partial charge < -0.3 is 25.2 Å². The molecule has 4 fully saturated rings. The Labute approximate surface area is 196 Å². The quantitative estimate of drug-likeness (QED) is 0.459. The van der Waals surface area contributed by atoms with Crippen LogP contribution in [0, 0.1) is 5.92 Å². The van der Waals surface area contributed by atoms with Gasteiger partial charge in [-0.3, -0.25) is 9.89 Å². The van der Waals surface area contributed by atoms with Gasteiger partial charge in [-0.2, -0.15) is 0 Å². The lowest BCUT2D eigenvalue weighted by Crippen LogP contribution is -2.58. The fourth-order valence-corrected chi connectivity index (χ4v) is 6.07. The molecule has 4 heterocycles. The highest BCUT2D eigenvalue weighted by atomic mass is 16.5. The van der Waals surface area contributed by atoms with E-state index in [0.29, 0.717) is 6.04 Å². The van der Waals surface area contributed by atoms with Crippen LogP contribution in [0.25, 0.3) is 0 Å². The average Bonchev–Trinajstić information content (AvgIpc) is 3.34. The van der Waals surface area contributed by atoms with Crippen LogP contribution < -0.4 is 10.6 Å². The van der Waals surface area contributed by atoms with Gasteiger partial charge in [0.25, 0.3) is 0 Å². The van der Waals surface area contributed by atoms with E-state index < -0.39 is 0 Å². The Bertz CT molecular complexity index is 571. The number of hydrogen-bond acceptors (Lipinski definition) is 5. The largest absolute Gasteiger partial charge is 0.381 e. The van der Waals surface area contributed by atoms with Gasteiger partial charge in [-0.25, -0.2) is 0 Å². The number of hydrogen-bond donors (Lipinski definition) is 2. The van der Waals surface area contributed by atoms with Crippen molar-refractivity contribution in [2.24, 2.45) is 10.9 Å². The van der Waals surface area contributed by atoms with Crippen LogP contribution in [-0.4, -0.2) is 111 Å². The molecule has 0 aromatic carbocycles. The van der Waals surface area contributed by atoms with E-state index in [0.717, 1.165) is 38.2 Å². The van der Waals surface area contributed by atoms with Crippen LogP contribution in [-0.2, 0) is 4.74 Å². The zero-order valence-corrected chi connectivity index (χ0v) is 20.8. The molecule has 0 amide bonds. The van der Waals surface area contributed by atoms with Gasteiger partial charge in [-0.15, -0.1) is 0 Å². The minimum absolute atomic E-state index is 0.252. The van der Waals surface area contributed by atoms with E-state index >= 15 is 0 Å². The van der Waals surface area contributed by atoms with Crippen molar-refractivity contribution in [2.75, 3.05) is 79.2 Å². The van der Waals surface area contributed by atoms with E-state index in [9.17, 15) is 0 Å². The van der Waals surface area contributed by atoms with Gasteiger partial charge in [0.05, 0.1) is 13.2 Å². The third kappa shape index (κ3) is 6.58. The zero-order valence-electron chi connectivity index (χ0n) is 20.8. The van der Waals surface area contributed by atoms with Crippen molar-refractivity contribution in [1.29, 1.82) is 0 Å². The van der Waals surface area contributed by atoms with Gasteiger partial charge in [0.1, 0.15) is 0 Å². The molecule has 4 saturated heterocycles. The van der Waals surface area contributed by atoms with Gasteiger partial charge in [0, 0.05) is 44.4 Å². The monoisotopic (exact) mass is 448 g/mol. The predicted molar refractivity (Wildman–Crippen MR) is 132 cm³/mol. The molecule has 32 heavy (non-hydrogen) atoms. The predicted octanol–water partition coefficient (Wildman–Crippen LogP) is 1.99.